The Bertz CT molecular complexity index is 604. The maximum Gasteiger partial charge on any atom is 0.123 e. The molecule has 112 valence electrons. The Kier molecular flexibility index (Phi) is 4.35. The van der Waals surface area contributed by atoms with Gasteiger partial charge < -0.3 is 15.2 Å². The Morgan fingerprint density at radius 3 is 2.81 bits per heavy atom. The highest BCUT2D eigenvalue weighted by Gasteiger charge is 2.37. The summed E-state index contributed by atoms with van der Waals surface area (Å²) in [5, 5.41) is 12.7. The van der Waals surface area contributed by atoms with Gasteiger partial charge in [-0.3, -0.25) is 0 Å². The normalized spacial score (nSPS) is 16.7. The average Bonchev–Trinajstić information content (AvgIpc) is 2.91. The largest absolute Gasteiger partial charge is 0.396 e. The van der Waals surface area contributed by atoms with Crippen LogP contribution in [0.1, 0.15) is 4.88 Å². The number of thiophene rings is 1. The Balaban J connectivity index is 1.58. The first-order valence-corrected chi connectivity index (χ1v) is 7.76. The molecule has 3 rings (SSSR count). The highest BCUT2D eigenvalue weighted by molar-refractivity contribution is 7.15. The van der Waals surface area contributed by atoms with E-state index in [4.69, 9.17) is 4.74 Å². The zero-order valence-electron chi connectivity index (χ0n) is 11.6. The fourth-order valence-electron chi connectivity index (χ4n) is 2.36. The molecule has 0 radical (unpaired) electrons. The summed E-state index contributed by atoms with van der Waals surface area (Å²) >= 11 is 1.66. The smallest absolute Gasteiger partial charge is 0.123 e. The van der Waals surface area contributed by atoms with E-state index < -0.39 is 0 Å². The van der Waals surface area contributed by atoms with E-state index in [1.807, 2.05) is 12.1 Å². The van der Waals surface area contributed by atoms with Crippen LogP contribution in [0.15, 0.2) is 36.4 Å². The first-order valence-electron chi connectivity index (χ1n) is 6.95. The van der Waals surface area contributed by atoms with Crippen LogP contribution in [-0.2, 0) is 11.3 Å². The number of hydrogen-bond donors (Lipinski definition) is 2. The third kappa shape index (κ3) is 3.32. The van der Waals surface area contributed by atoms with Gasteiger partial charge in [0.2, 0.25) is 0 Å². The molecular formula is C16H18FNO2S. The van der Waals surface area contributed by atoms with E-state index in [0.717, 1.165) is 23.5 Å². The molecule has 5 heteroatoms. The number of aliphatic hydroxyl groups is 1. The predicted molar refractivity (Wildman–Crippen MR) is 81.8 cm³/mol. The van der Waals surface area contributed by atoms with Crippen molar-refractivity contribution in [2.45, 2.75) is 6.54 Å². The maximum atomic E-state index is 13.2. The molecule has 21 heavy (non-hydrogen) atoms. The summed E-state index contributed by atoms with van der Waals surface area (Å²) in [5.41, 5.74) is 0.799. The third-order valence-electron chi connectivity index (χ3n) is 3.72. The minimum absolute atomic E-state index is 0.108. The molecule has 1 fully saturated rings. The molecule has 0 bridgehead atoms. The van der Waals surface area contributed by atoms with Gasteiger partial charge in [0.1, 0.15) is 5.82 Å². The second-order valence-corrected chi connectivity index (χ2v) is 6.70. The van der Waals surface area contributed by atoms with Gasteiger partial charge in [-0.2, -0.15) is 0 Å². The summed E-state index contributed by atoms with van der Waals surface area (Å²) < 4.78 is 18.4. The Labute approximate surface area is 127 Å². The molecule has 1 aromatic carbocycles. The SMILES string of the molecule is OCC1(CNCc2ccc(-c3cccc(F)c3)s2)COC1. The maximum absolute atomic E-state index is 13.2. The summed E-state index contributed by atoms with van der Waals surface area (Å²) in [6.07, 6.45) is 0. The lowest BCUT2D eigenvalue weighted by Crippen LogP contribution is -2.52. The summed E-state index contributed by atoms with van der Waals surface area (Å²) in [6.45, 7) is 2.89. The molecule has 0 saturated carbocycles. The van der Waals surface area contributed by atoms with Crippen LogP contribution < -0.4 is 5.32 Å². The second-order valence-electron chi connectivity index (χ2n) is 5.53. The first kappa shape index (κ1) is 14.7. The number of ether oxygens (including phenoxy) is 1. The molecule has 1 aromatic heterocycles. The lowest BCUT2D eigenvalue weighted by molar-refractivity contribution is -0.134. The fraction of sp³-hybridized carbons (Fsp3) is 0.375. The quantitative estimate of drug-likeness (QED) is 0.862. The Hall–Kier alpha value is -1.27. The Morgan fingerprint density at radius 2 is 2.14 bits per heavy atom. The minimum Gasteiger partial charge on any atom is -0.396 e. The van der Waals surface area contributed by atoms with E-state index in [9.17, 15) is 9.50 Å². The van der Waals surface area contributed by atoms with E-state index in [1.54, 1.807) is 23.5 Å². The van der Waals surface area contributed by atoms with Crippen LogP contribution in [0.3, 0.4) is 0 Å². The van der Waals surface area contributed by atoms with E-state index in [1.165, 1.54) is 10.9 Å². The first-order chi connectivity index (χ1) is 10.2. The lowest BCUT2D eigenvalue weighted by atomic mass is 9.87. The molecule has 1 saturated heterocycles. The van der Waals surface area contributed by atoms with Crippen molar-refractivity contribution in [3.8, 4) is 10.4 Å². The zero-order valence-corrected chi connectivity index (χ0v) is 12.5. The number of nitrogens with one attached hydrogen (secondary N) is 1. The van der Waals surface area contributed by atoms with Crippen LogP contribution in [0.5, 0.6) is 0 Å². The molecule has 1 aliphatic heterocycles. The minimum atomic E-state index is -0.213. The summed E-state index contributed by atoms with van der Waals surface area (Å²) in [4.78, 5) is 2.26. The van der Waals surface area contributed by atoms with Crippen molar-refractivity contribution >= 4 is 11.3 Å². The molecule has 0 amide bonds. The molecule has 0 spiro atoms. The van der Waals surface area contributed by atoms with Crippen LogP contribution >= 0.6 is 11.3 Å². The van der Waals surface area contributed by atoms with Gasteiger partial charge in [0.15, 0.2) is 0 Å². The van der Waals surface area contributed by atoms with E-state index >= 15 is 0 Å². The molecule has 0 unspecified atom stereocenters. The van der Waals surface area contributed by atoms with Gasteiger partial charge in [-0.1, -0.05) is 12.1 Å². The zero-order chi connectivity index (χ0) is 14.7. The predicted octanol–water partition coefficient (Wildman–Crippen LogP) is 2.65. The van der Waals surface area contributed by atoms with Gasteiger partial charge in [0, 0.05) is 22.8 Å². The molecular weight excluding hydrogens is 289 g/mol. The monoisotopic (exact) mass is 307 g/mol. The number of rotatable bonds is 6. The van der Waals surface area contributed by atoms with Crippen LogP contribution in [0.25, 0.3) is 10.4 Å². The van der Waals surface area contributed by atoms with Crippen molar-refractivity contribution in [2.24, 2.45) is 5.41 Å². The molecule has 2 aromatic rings. The van der Waals surface area contributed by atoms with Crippen molar-refractivity contribution < 1.29 is 14.2 Å². The van der Waals surface area contributed by atoms with Gasteiger partial charge in [0.25, 0.3) is 0 Å². The van der Waals surface area contributed by atoms with Gasteiger partial charge in [0.05, 0.1) is 25.2 Å². The van der Waals surface area contributed by atoms with Crippen molar-refractivity contribution in [3.05, 3.63) is 47.1 Å². The third-order valence-corrected chi connectivity index (χ3v) is 4.86. The highest BCUT2D eigenvalue weighted by atomic mass is 32.1. The number of aliphatic hydroxyl groups excluding tert-OH is 1. The van der Waals surface area contributed by atoms with Gasteiger partial charge >= 0.3 is 0 Å². The van der Waals surface area contributed by atoms with Gasteiger partial charge in [-0.05, 0) is 29.8 Å². The molecule has 2 N–H and O–H groups in total. The van der Waals surface area contributed by atoms with E-state index in [-0.39, 0.29) is 17.8 Å². The number of hydrogen-bond acceptors (Lipinski definition) is 4. The van der Waals surface area contributed by atoms with Crippen molar-refractivity contribution in [2.75, 3.05) is 26.4 Å². The van der Waals surface area contributed by atoms with E-state index in [2.05, 4.69) is 11.4 Å². The van der Waals surface area contributed by atoms with Crippen molar-refractivity contribution in [1.82, 2.24) is 5.32 Å². The Morgan fingerprint density at radius 1 is 1.29 bits per heavy atom. The average molecular weight is 307 g/mol. The summed E-state index contributed by atoms with van der Waals surface area (Å²) in [5.74, 6) is -0.213. The molecule has 0 aliphatic carbocycles. The molecule has 0 atom stereocenters. The van der Waals surface area contributed by atoms with Gasteiger partial charge in [-0.25, -0.2) is 4.39 Å². The van der Waals surface area contributed by atoms with Crippen LogP contribution in [0.4, 0.5) is 4.39 Å². The van der Waals surface area contributed by atoms with E-state index in [0.29, 0.717) is 13.2 Å². The summed E-state index contributed by atoms with van der Waals surface area (Å²) in [6, 6.07) is 10.7. The van der Waals surface area contributed by atoms with Crippen molar-refractivity contribution in [1.29, 1.82) is 0 Å². The standard InChI is InChI=1S/C16H18FNO2S/c17-13-3-1-2-12(6-13)15-5-4-14(21-15)7-18-8-16(9-19)10-20-11-16/h1-6,18-19H,7-11H2. The fourth-order valence-corrected chi connectivity index (χ4v) is 3.33. The topological polar surface area (TPSA) is 41.5 Å². The van der Waals surface area contributed by atoms with Crippen molar-refractivity contribution in [3.63, 3.8) is 0 Å². The lowest BCUT2D eigenvalue weighted by Gasteiger charge is -2.39. The molecule has 1 aliphatic rings. The number of halogens is 1. The number of benzene rings is 1. The second kappa shape index (κ2) is 6.23. The molecule has 2 heterocycles. The van der Waals surface area contributed by atoms with Gasteiger partial charge in [-0.15, -0.1) is 11.3 Å². The molecule has 3 nitrogen and oxygen atoms in total. The highest BCUT2D eigenvalue weighted by Crippen LogP contribution is 2.29. The van der Waals surface area contributed by atoms with Crippen LogP contribution in [0, 0.1) is 11.2 Å². The summed E-state index contributed by atoms with van der Waals surface area (Å²) in [7, 11) is 0. The van der Waals surface area contributed by atoms with Crippen LogP contribution in [-0.4, -0.2) is 31.5 Å². The van der Waals surface area contributed by atoms with Crippen LogP contribution in [0.2, 0.25) is 0 Å².